The van der Waals surface area contributed by atoms with E-state index in [0.29, 0.717) is 0 Å². The molecule has 0 amide bonds. The highest BCUT2D eigenvalue weighted by molar-refractivity contribution is 7.43. The van der Waals surface area contributed by atoms with Crippen LogP contribution in [0.15, 0.2) is 15.8 Å². The van der Waals surface area contributed by atoms with Crippen molar-refractivity contribution in [2.24, 2.45) is 5.50 Å². The van der Waals surface area contributed by atoms with Crippen molar-refractivity contribution in [2.75, 3.05) is 6.61 Å². The first-order valence-electron chi connectivity index (χ1n) is 6.05. The van der Waals surface area contributed by atoms with Crippen molar-refractivity contribution >= 4 is 8.53 Å². The van der Waals surface area contributed by atoms with Crippen LogP contribution in [0, 0.1) is 12.3 Å². The standard InChI is InChI=1S/C11H14N3O7P/c1-2-5-3-14(11(18)13-9(5)17)10-8(16)7(15)6(21-10)4-20-22(12)19/h1,3,6-8,10,15-16,19H,4,12H2,(H,13,17,18)/t6-,7-,8-,10-,22?/m1/s1. The van der Waals surface area contributed by atoms with Crippen LogP contribution in [-0.2, 0) is 9.26 Å². The van der Waals surface area contributed by atoms with Crippen molar-refractivity contribution < 1.29 is 24.4 Å². The molecule has 0 spiro atoms. The Bertz CT molecular complexity index is 694. The molecule has 0 aliphatic carbocycles. The number of H-pyrrole nitrogens is 1. The van der Waals surface area contributed by atoms with Crippen LogP contribution in [0.4, 0.5) is 0 Å². The van der Waals surface area contributed by atoms with Gasteiger partial charge in [0.15, 0.2) is 6.23 Å². The molecule has 1 aliphatic heterocycles. The van der Waals surface area contributed by atoms with Gasteiger partial charge in [-0.1, -0.05) is 5.92 Å². The van der Waals surface area contributed by atoms with E-state index in [1.807, 2.05) is 4.98 Å². The van der Waals surface area contributed by atoms with Crippen molar-refractivity contribution in [3.63, 3.8) is 0 Å². The molecule has 0 radical (unpaired) electrons. The molecule has 2 rings (SSSR count). The lowest BCUT2D eigenvalue weighted by Gasteiger charge is -2.17. The van der Waals surface area contributed by atoms with Gasteiger partial charge >= 0.3 is 5.69 Å². The number of aromatic nitrogens is 2. The van der Waals surface area contributed by atoms with E-state index in [1.54, 1.807) is 0 Å². The lowest BCUT2D eigenvalue weighted by Crippen LogP contribution is -2.38. The molecular weight excluding hydrogens is 317 g/mol. The van der Waals surface area contributed by atoms with Crippen molar-refractivity contribution in [1.29, 1.82) is 0 Å². The fraction of sp³-hybridized carbons (Fsp3) is 0.455. The second-order valence-corrected chi connectivity index (χ2v) is 5.36. The Hall–Kier alpha value is -1.57. The Morgan fingerprint density at radius 3 is 2.77 bits per heavy atom. The number of hydrogen-bond acceptors (Lipinski definition) is 8. The summed E-state index contributed by atoms with van der Waals surface area (Å²) in [6, 6.07) is 0. The highest BCUT2D eigenvalue weighted by Gasteiger charge is 2.44. The predicted octanol–water partition coefficient (Wildman–Crippen LogP) is -2.67. The Labute approximate surface area is 125 Å². The number of nitrogens with two attached hydrogens (primary N) is 1. The zero-order valence-corrected chi connectivity index (χ0v) is 12.0. The molecule has 5 atom stereocenters. The summed E-state index contributed by atoms with van der Waals surface area (Å²) in [5.74, 6) is 2.09. The molecule has 11 heteroatoms. The molecule has 10 nitrogen and oxygen atoms in total. The summed E-state index contributed by atoms with van der Waals surface area (Å²) in [6.07, 6.45) is 1.05. The summed E-state index contributed by atoms with van der Waals surface area (Å²) in [5, 5.41) is 19.9. The van der Waals surface area contributed by atoms with Crippen LogP contribution in [-0.4, -0.2) is 49.6 Å². The molecule has 1 unspecified atom stereocenters. The maximum Gasteiger partial charge on any atom is 0.330 e. The summed E-state index contributed by atoms with van der Waals surface area (Å²) in [5.41, 5.74) is 3.32. The first kappa shape index (κ1) is 16.8. The fourth-order valence-corrected chi connectivity index (χ4v) is 2.32. The van der Waals surface area contributed by atoms with Crippen molar-refractivity contribution in [1.82, 2.24) is 9.55 Å². The van der Waals surface area contributed by atoms with Crippen molar-refractivity contribution in [3.8, 4) is 12.3 Å². The molecular formula is C11H14N3O7P. The van der Waals surface area contributed by atoms with E-state index in [4.69, 9.17) is 26.1 Å². The number of ether oxygens (including phenoxy) is 1. The zero-order chi connectivity index (χ0) is 16.4. The Morgan fingerprint density at radius 1 is 1.50 bits per heavy atom. The first-order chi connectivity index (χ1) is 10.3. The van der Waals surface area contributed by atoms with Gasteiger partial charge in [0.25, 0.3) is 5.56 Å². The van der Waals surface area contributed by atoms with E-state index in [2.05, 4.69) is 5.92 Å². The van der Waals surface area contributed by atoms with Gasteiger partial charge in [0, 0.05) is 6.20 Å². The van der Waals surface area contributed by atoms with Crippen molar-refractivity contribution in [3.05, 3.63) is 32.6 Å². The second-order valence-electron chi connectivity index (χ2n) is 4.50. The SMILES string of the molecule is C#Cc1cn([C@@H]2O[C@H](COP(N)O)[C@@H](O)[C@H]2O)c(=O)[nH]c1=O. The Morgan fingerprint density at radius 2 is 2.18 bits per heavy atom. The average Bonchev–Trinajstić information content (AvgIpc) is 2.73. The largest absolute Gasteiger partial charge is 0.387 e. The quantitative estimate of drug-likeness (QED) is 0.295. The average molecular weight is 331 g/mol. The van der Waals surface area contributed by atoms with Crippen molar-refractivity contribution in [2.45, 2.75) is 24.5 Å². The van der Waals surface area contributed by atoms with Gasteiger partial charge in [0.1, 0.15) is 23.9 Å². The van der Waals surface area contributed by atoms with Gasteiger partial charge in [-0.3, -0.25) is 19.8 Å². The Kier molecular flexibility index (Phi) is 5.10. The summed E-state index contributed by atoms with van der Waals surface area (Å²) >= 11 is 0. The molecule has 6 N–H and O–H groups in total. The number of terminal acetylenes is 1. The van der Waals surface area contributed by atoms with Crippen LogP contribution in [0.25, 0.3) is 0 Å². The van der Waals surface area contributed by atoms with Crippen LogP contribution >= 0.6 is 8.53 Å². The molecule has 1 aromatic rings. The van der Waals surface area contributed by atoms with Gasteiger partial charge in [0.2, 0.25) is 8.53 Å². The summed E-state index contributed by atoms with van der Waals surface area (Å²) in [6.45, 7) is -0.284. The minimum atomic E-state index is -2.15. The molecule has 1 fully saturated rings. The van der Waals surface area contributed by atoms with Gasteiger partial charge in [-0.15, -0.1) is 6.42 Å². The third-order valence-corrected chi connectivity index (χ3v) is 3.52. The van der Waals surface area contributed by atoms with Gasteiger partial charge in [0.05, 0.1) is 6.61 Å². The third-order valence-electron chi connectivity index (χ3n) is 3.11. The molecule has 1 aliphatic rings. The van der Waals surface area contributed by atoms with Crippen LogP contribution in [0.1, 0.15) is 11.8 Å². The molecule has 22 heavy (non-hydrogen) atoms. The Balaban J connectivity index is 2.28. The molecule has 2 heterocycles. The third kappa shape index (κ3) is 3.26. The van der Waals surface area contributed by atoms with Gasteiger partial charge in [-0.25, -0.2) is 4.79 Å². The zero-order valence-electron chi connectivity index (χ0n) is 11.1. The van der Waals surface area contributed by atoms with E-state index < -0.39 is 44.3 Å². The number of rotatable bonds is 4. The van der Waals surface area contributed by atoms with Crippen LogP contribution in [0.2, 0.25) is 0 Å². The summed E-state index contributed by atoms with van der Waals surface area (Å²) in [7, 11) is -2.15. The number of nitrogens with zero attached hydrogens (tertiary/aromatic N) is 1. The van der Waals surface area contributed by atoms with Crippen LogP contribution < -0.4 is 16.8 Å². The van der Waals surface area contributed by atoms with E-state index in [1.165, 1.54) is 0 Å². The summed E-state index contributed by atoms with van der Waals surface area (Å²) in [4.78, 5) is 34.1. The fourth-order valence-electron chi connectivity index (χ4n) is 2.02. The predicted molar refractivity (Wildman–Crippen MR) is 74.5 cm³/mol. The molecule has 0 bridgehead atoms. The molecule has 1 saturated heterocycles. The molecule has 0 saturated carbocycles. The lowest BCUT2D eigenvalue weighted by atomic mass is 10.1. The molecule has 1 aromatic heterocycles. The van der Waals surface area contributed by atoms with Gasteiger partial charge in [-0.2, -0.15) is 0 Å². The van der Waals surface area contributed by atoms with E-state index in [-0.39, 0.29) is 12.2 Å². The van der Waals surface area contributed by atoms with E-state index in [9.17, 15) is 19.8 Å². The first-order valence-corrected chi connectivity index (χ1v) is 7.33. The number of nitrogens with one attached hydrogen (secondary N) is 1. The topological polar surface area (TPSA) is 160 Å². The maximum absolute atomic E-state index is 11.8. The minimum Gasteiger partial charge on any atom is -0.387 e. The second kappa shape index (κ2) is 6.68. The molecule has 0 aromatic carbocycles. The molecule has 120 valence electrons. The smallest absolute Gasteiger partial charge is 0.330 e. The maximum atomic E-state index is 11.8. The number of aromatic amines is 1. The number of aliphatic hydroxyl groups is 2. The minimum absolute atomic E-state index is 0.134. The normalized spacial score (nSPS) is 29.2. The van der Waals surface area contributed by atoms with Crippen LogP contribution in [0.5, 0.6) is 0 Å². The number of hydrogen-bond donors (Lipinski definition) is 5. The van der Waals surface area contributed by atoms with E-state index in [0.717, 1.165) is 10.8 Å². The van der Waals surface area contributed by atoms with Gasteiger partial charge < -0.3 is 24.4 Å². The monoisotopic (exact) mass is 331 g/mol. The highest BCUT2D eigenvalue weighted by Crippen LogP contribution is 2.30. The van der Waals surface area contributed by atoms with Gasteiger partial charge in [-0.05, 0) is 0 Å². The lowest BCUT2D eigenvalue weighted by molar-refractivity contribution is -0.0514. The summed E-state index contributed by atoms with van der Waals surface area (Å²) < 4.78 is 11.0. The highest BCUT2D eigenvalue weighted by atomic mass is 31.2. The van der Waals surface area contributed by atoms with E-state index >= 15 is 0 Å². The number of aliphatic hydroxyl groups excluding tert-OH is 2. The van der Waals surface area contributed by atoms with Crippen LogP contribution in [0.3, 0.4) is 0 Å².